The van der Waals surface area contributed by atoms with Gasteiger partial charge in [0.2, 0.25) is 0 Å². The molecule has 0 aromatic heterocycles. The summed E-state index contributed by atoms with van der Waals surface area (Å²) in [5.41, 5.74) is 0.0395. The molecule has 1 aliphatic rings. The van der Waals surface area contributed by atoms with Crippen molar-refractivity contribution in [2.24, 2.45) is 0 Å². The van der Waals surface area contributed by atoms with Crippen LogP contribution in [0.4, 0.5) is 5.69 Å². The van der Waals surface area contributed by atoms with Gasteiger partial charge in [-0.2, -0.15) is 0 Å². The molecule has 1 saturated carbocycles. The molecule has 104 valence electrons. The minimum atomic E-state index is -1.07. The van der Waals surface area contributed by atoms with Crippen LogP contribution in [-0.4, -0.2) is 27.0 Å². The standard InChI is InChI=1S/C13H18N2O3S/c1-2-14-10-3-6-13(9-10)19(18)12-7-4-11(5-8-12)15(16)17/h4-5,7-8,10,13-14H,2-3,6,9H2,1H3. The van der Waals surface area contributed by atoms with E-state index < -0.39 is 15.7 Å². The lowest BCUT2D eigenvalue weighted by Crippen LogP contribution is -2.27. The topological polar surface area (TPSA) is 72.2 Å². The molecule has 2 rings (SSSR count). The van der Waals surface area contributed by atoms with Crippen molar-refractivity contribution in [3.05, 3.63) is 34.4 Å². The largest absolute Gasteiger partial charge is 0.314 e. The van der Waals surface area contributed by atoms with Crippen LogP contribution in [0.3, 0.4) is 0 Å². The molecule has 0 bridgehead atoms. The number of nitro benzene ring substituents is 1. The van der Waals surface area contributed by atoms with Crippen LogP contribution in [0, 0.1) is 10.1 Å². The maximum absolute atomic E-state index is 12.4. The molecule has 0 spiro atoms. The Morgan fingerprint density at radius 1 is 1.37 bits per heavy atom. The van der Waals surface area contributed by atoms with E-state index in [0.29, 0.717) is 10.9 Å². The van der Waals surface area contributed by atoms with Crippen LogP contribution in [-0.2, 0) is 10.8 Å². The van der Waals surface area contributed by atoms with Crippen molar-refractivity contribution < 1.29 is 9.13 Å². The summed E-state index contributed by atoms with van der Waals surface area (Å²) >= 11 is 0. The molecule has 1 fully saturated rings. The molecule has 0 aliphatic heterocycles. The molecule has 5 nitrogen and oxygen atoms in total. The highest BCUT2D eigenvalue weighted by Crippen LogP contribution is 2.28. The molecule has 0 heterocycles. The van der Waals surface area contributed by atoms with Crippen LogP contribution in [0.15, 0.2) is 29.2 Å². The van der Waals surface area contributed by atoms with Gasteiger partial charge in [-0.1, -0.05) is 6.92 Å². The van der Waals surface area contributed by atoms with Crippen LogP contribution in [0.25, 0.3) is 0 Å². The maximum Gasteiger partial charge on any atom is 0.269 e. The second kappa shape index (κ2) is 6.25. The highest BCUT2D eigenvalue weighted by Gasteiger charge is 2.29. The van der Waals surface area contributed by atoms with Gasteiger partial charge in [-0.25, -0.2) is 0 Å². The summed E-state index contributed by atoms with van der Waals surface area (Å²) in [4.78, 5) is 10.8. The molecular weight excluding hydrogens is 264 g/mol. The highest BCUT2D eigenvalue weighted by atomic mass is 32.2. The van der Waals surface area contributed by atoms with Crippen molar-refractivity contribution in [3.63, 3.8) is 0 Å². The molecule has 1 aliphatic carbocycles. The van der Waals surface area contributed by atoms with Gasteiger partial charge < -0.3 is 5.32 Å². The third kappa shape index (κ3) is 3.39. The fraction of sp³-hybridized carbons (Fsp3) is 0.538. The zero-order valence-electron chi connectivity index (χ0n) is 10.9. The summed E-state index contributed by atoms with van der Waals surface area (Å²) in [6, 6.07) is 6.51. The first-order valence-electron chi connectivity index (χ1n) is 6.50. The van der Waals surface area contributed by atoms with Gasteiger partial charge in [0.25, 0.3) is 5.69 Å². The Balaban J connectivity index is 2.02. The minimum absolute atomic E-state index is 0.0395. The van der Waals surface area contributed by atoms with E-state index in [-0.39, 0.29) is 10.9 Å². The van der Waals surface area contributed by atoms with Gasteiger partial charge in [0.05, 0.1) is 15.7 Å². The lowest BCUT2D eigenvalue weighted by molar-refractivity contribution is -0.384. The molecule has 3 atom stereocenters. The molecule has 6 heteroatoms. The lowest BCUT2D eigenvalue weighted by atomic mass is 10.2. The van der Waals surface area contributed by atoms with Crippen molar-refractivity contribution in [2.45, 2.75) is 42.4 Å². The van der Waals surface area contributed by atoms with E-state index in [2.05, 4.69) is 12.2 Å². The summed E-state index contributed by atoms with van der Waals surface area (Å²) in [7, 11) is -1.07. The monoisotopic (exact) mass is 282 g/mol. The molecule has 0 amide bonds. The summed E-state index contributed by atoms with van der Waals surface area (Å²) in [6.45, 7) is 3.00. The summed E-state index contributed by atoms with van der Waals surface area (Å²) < 4.78 is 12.4. The van der Waals surface area contributed by atoms with E-state index >= 15 is 0 Å². The van der Waals surface area contributed by atoms with E-state index in [0.717, 1.165) is 25.8 Å². The normalized spacial score (nSPS) is 24.3. The fourth-order valence-electron chi connectivity index (χ4n) is 2.50. The van der Waals surface area contributed by atoms with E-state index in [1.807, 2.05) is 0 Å². The highest BCUT2D eigenvalue weighted by molar-refractivity contribution is 7.85. The summed E-state index contributed by atoms with van der Waals surface area (Å²) in [5.74, 6) is 0. The second-order valence-corrected chi connectivity index (χ2v) is 6.47. The Kier molecular flexibility index (Phi) is 4.66. The zero-order valence-corrected chi connectivity index (χ0v) is 11.7. The van der Waals surface area contributed by atoms with Crippen LogP contribution in [0.2, 0.25) is 0 Å². The summed E-state index contributed by atoms with van der Waals surface area (Å²) in [5, 5.41) is 14.1. The van der Waals surface area contributed by atoms with Gasteiger partial charge in [-0.15, -0.1) is 0 Å². The minimum Gasteiger partial charge on any atom is -0.314 e. The third-order valence-corrected chi connectivity index (χ3v) is 5.23. The molecule has 3 unspecified atom stereocenters. The Bertz CT molecular complexity index is 475. The predicted octanol–water partition coefficient (Wildman–Crippen LogP) is 2.23. The van der Waals surface area contributed by atoms with Gasteiger partial charge in [0.15, 0.2) is 0 Å². The van der Waals surface area contributed by atoms with Crippen LogP contribution in [0.5, 0.6) is 0 Å². The Hall–Kier alpha value is -1.27. The number of nitro groups is 1. The second-order valence-electron chi connectivity index (χ2n) is 4.74. The van der Waals surface area contributed by atoms with Crippen LogP contribution in [0.1, 0.15) is 26.2 Å². The summed E-state index contributed by atoms with van der Waals surface area (Å²) in [6.07, 6.45) is 2.91. The quantitative estimate of drug-likeness (QED) is 0.664. The molecule has 1 N–H and O–H groups in total. The van der Waals surface area contributed by atoms with Crippen molar-refractivity contribution in [2.75, 3.05) is 6.54 Å². The van der Waals surface area contributed by atoms with Gasteiger partial charge in [0, 0.05) is 28.3 Å². The Morgan fingerprint density at radius 2 is 2.05 bits per heavy atom. The van der Waals surface area contributed by atoms with Crippen LogP contribution >= 0.6 is 0 Å². The number of non-ortho nitro benzene ring substituents is 1. The first-order valence-corrected chi connectivity index (χ1v) is 7.71. The van der Waals surface area contributed by atoms with Crippen LogP contribution < -0.4 is 5.32 Å². The SMILES string of the molecule is CCNC1CCC(S(=O)c2ccc([N+](=O)[O-])cc2)C1. The average molecular weight is 282 g/mol. The fourth-order valence-corrected chi connectivity index (χ4v) is 4.05. The zero-order chi connectivity index (χ0) is 13.8. The number of rotatable bonds is 5. The van der Waals surface area contributed by atoms with Crippen molar-refractivity contribution in [3.8, 4) is 0 Å². The third-order valence-electron chi connectivity index (χ3n) is 3.46. The van der Waals surface area contributed by atoms with E-state index in [1.54, 1.807) is 12.1 Å². The molecule has 19 heavy (non-hydrogen) atoms. The van der Waals surface area contributed by atoms with E-state index in [9.17, 15) is 14.3 Å². The van der Waals surface area contributed by atoms with Gasteiger partial charge in [0.1, 0.15) is 0 Å². The number of benzene rings is 1. The molecule has 1 aromatic rings. The van der Waals surface area contributed by atoms with Crippen molar-refractivity contribution >= 4 is 16.5 Å². The van der Waals surface area contributed by atoms with E-state index in [1.165, 1.54) is 12.1 Å². The number of nitrogens with zero attached hydrogens (tertiary/aromatic N) is 1. The van der Waals surface area contributed by atoms with Gasteiger partial charge in [-0.3, -0.25) is 14.3 Å². The van der Waals surface area contributed by atoms with E-state index in [4.69, 9.17) is 0 Å². The first-order chi connectivity index (χ1) is 9.11. The Morgan fingerprint density at radius 3 is 2.63 bits per heavy atom. The van der Waals surface area contributed by atoms with Crippen molar-refractivity contribution in [1.82, 2.24) is 5.32 Å². The molecule has 0 saturated heterocycles. The molecular formula is C13H18N2O3S. The predicted molar refractivity (Wildman–Crippen MR) is 74.6 cm³/mol. The molecule has 1 aromatic carbocycles. The van der Waals surface area contributed by atoms with Crippen molar-refractivity contribution in [1.29, 1.82) is 0 Å². The first kappa shape index (κ1) is 14.1. The Labute approximate surface area is 115 Å². The maximum atomic E-state index is 12.4. The number of hydrogen-bond donors (Lipinski definition) is 1. The average Bonchev–Trinajstić information content (AvgIpc) is 2.87. The molecule has 0 radical (unpaired) electrons. The number of hydrogen-bond acceptors (Lipinski definition) is 4. The number of nitrogens with one attached hydrogen (secondary N) is 1. The van der Waals surface area contributed by atoms with Gasteiger partial charge >= 0.3 is 0 Å². The van der Waals surface area contributed by atoms with Gasteiger partial charge in [-0.05, 0) is 37.9 Å². The lowest BCUT2D eigenvalue weighted by Gasteiger charge is -2.11. The smallest absolute Gasteiger partial charge is 0.269 e.